The van der Waals surface area contributed by atoms with E-state index in [0.717, 1.165) is 12.1 Å². The molecule has 8 heteroatoms. The molecular formula is C21H14F2N4O2. The van der Waals surface area contributed by atoms with E-state index in [4.69, 9.17) is 4.74 Å². The quantitative estimate of drug-likeness (QED) is 0.539. The topological polar surface area (TPSA) is 69.0 Å². The summed E-state index contributed by atoms with van der Waals surface area (Å²) in [5.74, 6) is -1.27. The average molecular weight is 392 g/mol. The van der Waals surface area contributed by atoms with Crippen molar-refractivity contribution in [3.8, 4) is 17.4 Å². The van der Waals surface area contributed by atoms with Gasteiger partial charge in [-0.1, -0.05) is 6.07 Å². The first kappa shape index (κ1) is 18.3. The molecule has 0 aliphatic heterocycles. The molecule has 0 saturated carbocycles. The highest BCUT2D eigenvalue weighted by atomic mass is 19.1. The molecule has 0 radical (unpaired) electrons. The SMILES string of the molecule is O=C(Nc1ccc(Oc2cc(-n3cccc3)ncn2)cc1)c1c(F)cccc1F. The molecule has 2 aromatic carbocycles. The van der Waals surface area contributed by atoms with Gasteiger partial charge in [-0.05, 0) is 48.5 Å². The molecule has 0 saturated heterocycles. The van der Waals surface area contributed by atoms with Crippen molar-refractivity contribution < 1.29 is 18.3 Å². The van der Waals surface area contributed by atoms with E-state index in [1.165, 1.54) is 12.4 Å². The molecule has 0 unspecified atom stereocenters. The maximum absolute atomic E-state index is 13.7. The fourth-order valence-corrected chi connectivity index (χ4v) is 2.65. The summed E-state index contributed by atoms with van der Waals surface area (Å²) < 4.78 is 34.9. The van der Waals surface area contributed by atoms with Gasteiger partial charge in [0.2, 0.25) is 5.88 Å². The number of rotatable bonds is 5. The molecule has 0 fully saturated rings. The fourth-order valence-electron chi connectivity index (χ4n) is 2.65. The number of benzene rings is 2. The van der Waals surface area contributed by atoms with Crippen LogP contribution in [-0.2, 0) is 0 Å². The number of halogens is 2. The summed E-state index contributed by atoms with van der Waals surface area (Å²) in [6.45, 7) is 0. The summed E-state index contributed by atoms with van der Waals surface area (Å²) >= 11 is 0. The van der Waals surface area contributed by atoms with Crippen LogP contribution in [0.1, 0.15) is 10.4 Å². The van der Waals surface area contributed by atoms with E-state index in [9.17, 15) is 13.6 Å². The Labute approximate surface area is 164 Å². The lowest BCUT2D eigenvalue weighted by atomic mass is 10.2. The molecule has 144 valence electrons. The summed E-state index contributed by atoms with van der Waals surface area (Å²) in [6, 6.07) is 15.0. The molecule has 2 aromatic heterocycles. The van der Waals surface area contributed by atoms with E-state index in [1.807, 2.05) is 29.1 Å². The molecule has 1 amide bonds. The van der Waals surface area contributed by atoms with Crippen LogP contribution in [0.15, 0.2) is 79.4 Å². The second-order valence-electron chi connectivity index (χ2n) is 5.98. The molecule has 2 heterocycles. The molecule has 6 nitrogen and oxygen atoms in total. The third-order valence-corrected chi connectivity index (χ3v) is 4.02. The molecule has 0 spiro atoms. The number of ether oxygens (including phenoxy) is 1. The third kappa shape index (κ3) is 4.11. The number of nitrogens with one attached hydrogen (secondary N) is 1. The second-order valence-corrected chi connectivity index (χ2v) is 5.98. The van der Waals surface area contributed by atoms with E-state index in [0.29, 0.717) is 23.1 Å². The van der Waals surface area contributed by atoms with Crippen molar-refractivity contribution in [1.82, 2.24) is 14.5 Å². The lowest BCUT2D eigenvalue weighted by molar-refractivity contribution is 0.101. The number of carbonyl (C=O) groups excluding carboxylic acids is 1. The van der Waals surface area contributed by atoms with Gasteiger partial charge in [-0.2, -0.15) is 0 Å². The minimum Gasteiger partial charge on any atom is -0.439 e. The summed E-state index contributed by atoms with van der Waals surface area (Å²) in [5.41, 5.74) is -0.271. The summed E-state index contributed by atoms with van der Waals surface area (Å²) in [5, 5.41) is 2.46. The maximum atomic E-state index is 13.7. The molecule has 4 aromatic rings. The number of carbonyl (C=O) groups is 1. The molecule has 0 atom stereocenters. The molecule has 0 bridgehead atoms. The van der Waals surface area contributed by atoms with E-state index >= 15 is 0 Å². The van der Waals surface area contributed by atoms with Crippen LogP contribution in [0.2, 0.25) is 0 Å². The van der Waals surface area contributed by atoms with E-state index in [-0.39, 0.29) is 0 Å². The Bertz CT molecular complexity index is 1130. The molecule has 0 aliphatic rings. The predicted octanol–water partition coefficient (Wildman–Crippen LogP) is 4.59. The van der Waals surface area contributed by atoms with Crippen molar-refractivity contribution >= 4 is 11.6 Å². The van der Waals surface area contributed by atoms with Gasteiger partial charge in [0.1, 0.15) is 35.1 Å². The van der Waals surface area contributed by atoms with Gasteiger partial charge in [0.05, 0.1) is 0 Å². The first-order valence-corrected chi connectivity index (χ1v) is 8.59. The Morgan fingerprint density at radius 3 is 2.31 bits per heavy atom. The maximum Gasteiger partial charge on any atom is 0.261 e. The number of amides is 1. The first-order chi connectivity index (χ1) is 14.1. The zero-order valence-electron chi connectivity index (χ0n) is 14.9. The number of anilines is 1. The number of hydrogen-bond donors (Lipinski definition) is 1. The highest BCUT2D eigenvalue weighted by Gasteiger charge is 2.17. The standard InChI is InChI=1S/C21H14F2N4O2/c22-16-4-3-5-17(23)20(16)21(28)26-14-6-8-15(9-7-14)29-19-12-18(24-13-25-19)27-10-1-2-11-27/h1-13H,(H,26,28). The Hall–Kier alpha value is -4.07. The van der Waals surface area contributed by atoms with Gasteiger partial charge in [0.25, 0.3) is 5.91 Å². The third-order valence-electron chi connectivity index (χ3n) is 4.02. The number of nitrogens with zero attached hydrogens (tertiary/aromatic N) is 3. The Morgan fingerprint density at radius 1 is 0.931 bits per heavy atom. The van der Waals surface area contributed by atoms with Gasteiger partial charge in [-0.3, -0.25) is 4.79 Å². The van der Waals surface area contributed by atoms with Crippen molar-refractivity contribution in [2.24, 2.45) is 0 Å². The lowest BCUT2D eigenvalue weighted by Crippen LogP contribution is -2.15. The number of hydrogen-bond acceptors (Lipinski definition) is 4. The van der Waals surface area contributed by atoms with Crippen LogP contribution in [0.5, 0.6) is 11.6 Å². The minimum atomic E-state index is -0.926. The molecular weight excluding hydrogens is 378 g/mol. The van der Waals surface area contributed by atoms with Gasteiger partial charge >= 0.3 is 0 Å². The fraction of sp³-hybridized carbons (Fsp3) is 0. The van der Waals surface area contributed by atoms with E-state index < -0.39 is 23.1 Å². The highest BCUT2D eigenvalue weighted by Crippen LogP contribution is 2.23. The molecule has 4 rings (SSSR count). The van der Waals surface area contributed by atoms with Crippen LogP contribution < -0.4 is 10.1 Å². The van der Waals surface area contributed by atoms with Crippen molar-refractivity contribution in [1.29, 1.82) is 0 Å². The van der Waals surface area contributed by atoms with Gasteiger partial charge in [-0.15, -0.1) is 0 Å². The van der Waals surface area contributed by atoms with Crippen LogP contribution in [0.3, 0.4) is 0 Å². The van der Waals surface area contributed by atoms with Crippen molar-refractivity contribution in [3.63, 3.8) is 0 Å². The average Bonchev–Trinajstić information content (AvgIpc) is 3.25. The predicted molar refractivity (Wildman–Crippen MR) is 102 cm³/mol. The number of aromatic nitrogens is 3. The van der Waals surface area contributed by atoms with Gasteiger partial charge in [0.15, 0.2) is 0 Å². The molecule has 0 aliphatic carbocycles. The minimum absolute atomic E-state index is 0.342. The lowest BCUT2D eigenvalue weighted by Gasteiger charge is -2.09. The second kappa shape index (κ2) is 7.89. The summed E-state index contributed by atoms with van der Waals surface area (Å²) in [4.78, 5) is 20.4. The molecule has 1 N–H and O–H groups in total. The van der Waals surface area contributed by atoms with Crippen molar-refractivity contribution in [2.75, 3.05) is 5.32 Å². The van der Waals surface area contributed by atoms with Crippen LogP contribution in [0.25, 0.3) is 5.82 Å². The largest absolute Gasteiger partial charge is 0.439 e. The summed E-state index contributed by atoms with van der Waals surface area (Å²) in [7, 11) is 0. The normalized spacial score (nSPS) is 10.6. The first-order valence-electron chi connectivity index (χ1n) is 8.59. The van der Waals surface area contributed by atoms with E-state index in [1.54, 1.807) is 30.3 Å². The van der Waals surface area contributed by atoms with Crippen LogP contribution in [0, 0.1) is 11.6 Å². The zero-order chi connectivity index (χ0) is 20.2. The van der Waals surface area contributed by atoms with Crippen LogP contribution >= 0.6 is 0 Å². The smallest absolute Gasteiger partial charge is 0.261 e. The Morgan fingerprint density at radius 2 is 1.62 bits per heavy atom. The van der Waals surface area contributed by atoms with Gasteiger partial charge in [0, 0.05) is 24.1 Å². The van der Waals surface area contributed by atoms with Crippen molar-refractivity contribution in [3.05, 3.63) is 96.6 Å². The summed E-state index contributed by atoms with van der Waals surface area (Å²) in [6.07, 6.45) is 5.09. The molecule has 29 heavy (non-hydrogen) atoms. The van der Waals surface area contributed by atoms with Crippen LogP contribution in [-0.4, -0.2) is 20.4 Å². The van der Waals surface area contributed by atoms with Crippen molar-refractivity contribution in [2.45, 2.75) is 0 Å². The van der Waals surface area contributed by atoms with Gasteiger partial charge < -0.3 is 14.6 Å². The Balaban J connectivity index is 1.46. The zero-order valence-corrected chi connectivity index (χ0v) is 14.9. The van der Waals surface area contributed by atoms with Crippen LogP contribution in [0.4, 0.5) is 14.5 Å². The van der Waals surface area contributed by atoms with E-state index in [2.05, 4.69) is 15.3 Å². The monoisotopic (exact) mass is 392 g/mol. The van der Waals surface area contributed by atoms with Gasteiger partial charge in [-0.25, -0.2) is 18.7 Å². The highest BCUT2D eigenvalue weighted by molar-refractivity contribution is 6.04. The Kier molecular flexibility index (Phi) is 4.98.